The van der Waals surface area contributed by atoms with Crippen LogP contribution in [0.3, 0.4) is 0 Å². The van der Waals surface area contributed by atoms with E-state index in [2.05, 4.69) is 20.7 Å². The number of ether oxygens (including phenoxy) is 2. The minimum absolute atomic E-state index is 0.0774. The first kappa shape index (κ1) is 21.7. The number of rotatable bonds is 6. The average Bonchev–Trinajstić information content (AvgIpc) is 3.12. The number of hydrogen-bond donors (Lipinski definition) is 1. The number of hydrazone groups is 1. The van der Waals surface area contributed by atoms with Crippen molar-refractivity contribution in [1.29, 1.82) is 0 Å². The van der Waals surface area contributed by atoms with Crippen LogP contribution in [0.15, 0.2) is 58.8 Å². The van der Waals surface area contributed by atoms with Crippen LogP contribution in [0.25, 0.3) is 11.4 Å². The van der Waals surface area contributed by atoms with Gasteiger partial charge in [0.05, 0.1) is 24.4 Å². The first-order chi connectivity index (χ1) is 14.5. The van der Waals surface area contributed by atoms with Crippen LogP contribution in [0.4, 0.5) is 5.69 Å². The second-order valence-corrected chi connectivity index (χ2v) is 7.29. The zero-order chi connectivity index (χ0) is 21.5. The molecule has 0 unspecified atom stereocenters. The highest BCUT2D eigenvalue weighted by Crippen LogP contribution is 2.26. The van der Waals surface area contributed by atoms with Crippen molar-refractivity contribution in [2.45, 2.75) is 12.1 Å². The summed E-state index contributed by atoms with van der Waals surface area (Å²) < 4.78 is 12.1. The predicted octanol–water partition coefficient (Wildman–Crippen LogP) is 4.22. The highest BCUT2D eigenvalue weighted by molar-refractivity contribution is 8.15. The third-order valence-corrected chi connectivity index (χ3v) is 5.29. The van der Waals surface area contributed by atoms with Crippen molar-refractivity contribution in [3.05, 3.63) is 53.6 Å². The Morgan fingerprint density at radius 1 is 1.20 bits per heavy atom. The predicted molar refractivity (Wildman–Crippen MR) is 118 cm³/mol. The van der Waals surface area contributed by atoms with E-state index in [1.807, 2.05) is 37.4 Å². The fourth-order valence-corrected chi connectivity index (χ4v) is 3.34. The van der Waals surface area contributed by atoms with Gasteiger partial charge in [-0.15, -0.1) is 10.2 Å². The maximum absolute atomic E-state index is 12.4. The summed E-state index contributed by atoms with van der Waals surface area (Å²) in [6.45, 7) is 1.95. The number of hydrogen-bond acceptors (Lipinski definition) is 8. The van der Waals surface area contributed by atoms with Gasteiger partial charge in [-0.25, -0.2) is 4.79 Å². The van der Waals surface area contributed by atoms with Gasteiger partial charge in [0, 0.05) is 12.6 Å². The van der Waals surface area contributed by atoms with Gasteiger partial charge < -0.3 is 14.0 Å². The molecule has 3 aromatic rings. The van der Waals surface area contributed by atoms with Gasteiger partial charge in [0.15, 0.2) is 11.0 Å². The molecule has 0 radical (unpaired) electrons. The molecule has 0 amide bonds. The molecule has 0 aliphatic heterocycles. The second kappa shape index (κ2) is 10.1. The third-order valence-electron chi connectivity index (χ3n) is 3.97. The van der Waals surface area contributed by atoms with Crippen molar-refractivity contribution in [3.8, 4) is 17.1 Å². The zero-order valence-corrected chi connectivity index (χ0v) is 18.2. The van der Waals surface area contributed by atoms with E-state index in [0.717, 1.165) is 23.1 Å². The summed E-state index contributed by atoms with van der Waals surface area (Å²) >= 11 is 7.18. The SMILES string of the molecule is CCOC(=O)C(=NNc1ccccc1Cl)Sc1nnc(-c2ccc(OC)cc2)n1C. The van der Waals surface area contributed by atoms with E-state index >= 15 is 0 Å². The Morgan fingerprint density at radius 3 is 2.60 bits per heavy atom. The molecule has 1 aromatic heterocycles. The third kappa shape index (κ3) is 5.11. The molecule has 0 aliphatic rings. The van der Waals surface area contributed by atoms with Crippen LogP contribution in [0.2, 0.25) is 5.02 Å². The van der Waals surface area contributed by atoms with E-state index in [9.17, 15) is 4.79 Å². The van der Waals surface area contributed by atoms with E-state index in [1.54, 1.807) is 36.8 Å². The van der Waals surface area contributed by atoms with Crippen molar-refractivity contribution in [3.63, 3.8) is 0 Å². The molecule has 1 N–H and O–H groups in total. The Labute approximate surface area is 183 Å². The van der Waals surface area contributed by atoms with Gasteiger partial charge in [-0.3, -0.25) is 5.43 Å². The average molecular weight is 446 g/mol. The molecule has 3 rings (SSSR count). The summed E-state index contributed by atoms with van der Waals surface area (Å²) in [5.74, 6) is 0.816. The topological polar surface area (TPSA) is 90.6 Å². The standard InChI is InChI=1S/C20H20ClN5O3S/c1-4-29-19(27)18(24-22-16-8-6-5-7-15(16)21)30-20-25-23-17(26(20)2)13-9-11-14(28-3)12-10-13/h5-12,22H,4H2,1-3H3. The summed E-state index contributed by atoms with van der Waals surface area (Å²) in [4.78, 5) is 12.4. The van der Waals surface area contributed by atoms with Crippen molar-refractivity contribution in [1.82, 2.24) is 14.8 Å². The molecule has 156 valence electrons. The lowest BCUT2D eigenvalue weighted by Crippen LogP contribution is -2.16. The fraction of sp³-hybridized carbons (Fsp3) is 0.200. The first-order valence-electron chi connectivity index (χ1n) is 9.00. The number of benzene rings is 2. The Morgan fingerprint density at radius 2 is 1.93 bits per heavy atom. The molecule has 1 heterocycles. The molecule has 2 aromatic carbocycles. The maximum Gasteiger partial charge on any atom is 0.365 e. The number of nitrogens with zero attached hydrogens (tertiary/aromatic N) is 4. The fourth-order valence-electron chi connectivity index (χ4n) is 2.45. The molecule has 10 heteroatoms. The molecule has 30 heavy (non-hydrogen) atoms. The largest absolute Gasteiger partial charge is 0.497 e. The highest BCUT2D eigenvalue weighted by atomic mass is 35.5. The maximum atomic E-state index is 12.4. The number of para-hydroxylation sites is 1. The highest BCUT2D eigenvalue weighted by Gasteiger charge is 2.20. The molecule has 0 saturated carbocycles. The molecule has 0 saturated heterocycles. The molecular formula is C20H20ClN5O3S. The molecule has 0 fully saturated rings. The number of nitrogens with one attached hydrogen (secondary N) is 1. The minimum atomic E-state index is -0.573. The number of anilines is 1. The van der Waals surface area contributed by atoms with Gasteiger partial charge in [-0.2, -0.15) is 5.10 Å². The van der Waals surface area contributed by atoms with Crippen LogP contribution in [-0.2, 0) is 16.6 Å². The summed E-state index contributed by atoms with van der Waals surface area (Å²) in [6.07, 6.45) is 0. The van der Waals surface area contributed by atoms with Gasteiger partial charge in [0.1, 0.15) is 5.75 Å². The van der Waals surface area contributed by atoms with Crippen molar-refractivity contribution in [2.24, 2.45) is 12.1 Å². The first-order valence-corrected chi connectivity index (χ1v) is 10.2. The quantitative estimate of drug-likeness (QED) is 0.199. The van der Waals surface area contributed by atoms with E-state index in [0.29, 0.717) is 21.7 Å². The van der Waals surface area contributed by atoms with E-state index in [-0.39, 0.29) is 11.7 Å². The van der Waals surface area contributed by atoms with Gasteiger partial charge in [-0.1, -0.05) is 23.7 Å². The second-order valence-electron chi connectivity index (χ2n) is 5.92. The van der Waals surface area contributed by atoms with Crippen molar-refractivity contribution in [2.75, 3.05) is 19.1 Å². The van der Waals surface area contributed by atoms with Gasteiger partial charge in [0.25, 0.3) is 0 Å². The minimum Gasteiger partial charge on any atom is -0.497 e. The van der Waals surface area contributed by atoms with Gasteiger partial charge in [-0.05, 0) is 55.1 Å². The molecule has 0 spiro atoms. The monoisotopic (exact) mass is 445 g/mol. The number of esters is 1. The van der Waals surface area contributed by atoms with Crippen molar-refractivity contribution < 1.29 is 14.3 Å². The molecule has 0 bridgehead atoms. The summed E-state index contributed by atoms with van der Waals surface area (Å²) in [5.41, 5.74) is 4.24. The smallest absolute Gasteiger partial charge is 0.365 e. The molecule has 0 atom stereocenters. The lowest BCUT2D eigenvalue weighted by Gasteiger charge is -2.08. The zero-order valence-electron chi connectivity index (χ0n) is 16.6. The summed E-state index contributed by atoms with van der Waals surface area (Å²) in [5, 5.41) is 13.7. The van der Waals surface area contributed by atoms with Crippen LogP contribution < -0.4 is 10.2 Å². The molecule has 0 aliphatic carbocycles. The molecule has 8 nitrogen and oxygen atoms in total. The summed E-state index contributed by atoms with van der Waals surface area (Å²) in [7, 11) is 3.42. The van der Waals surface area contributed by atoms with Gasteiger partial charge >= 0.3 is 5.97 Å². The van der Waals surface area contributed by atoms with E-state index in [1.165, 1.54) is 0 Å². The van der Waals surface area contributed by atoms with Crippen LogP contribution in [0.1, 0.15) is 6.92 Å². The Kier molecular flexibility index (Phi) is 7.31. The summed E-state index contributed by atoms with van der Waals surface area (Å²) in [6, 6.07) is 14.5. The van der Waals surface area contributed by atoms with Crippen molar-refractivity contribution >= 4 is 40.1 Å². The number of thioether (sulfide) groups is 1. The normalized spacial score (nSPS) is 11.3. The van der Waals surface area contributed by atoms with E-state index in [4.69, 9.17) is 21.1 Å². The van der Waals surface area contributed by atoms with Crippen LogP contribution >= 0.6 is 23.4 Å². The lowest BCUT2D eigenvalue weighted by atomic mass is 10.2. The number of carbonyl (C=O) groups excluding carboxylic acids is 1. The number of aromatic nitrogens is 3. The Hall–Kier alpha value is -3.04. The van der Waals surface area contributed by atoms with Crippen LogP contribution in [0.5, 0.6) is 5.75 Å². The Balaban J connectivity index is 1.85. The lowest BCUT2D eigenvalue weighted by molar-refractivity contribution is -0.134. The molecular weight excluding hydrogens is 426 g/mol. The number of halogens is 1. The number of methoxy groups -OCH3 is 1. The van der Waals surface area contributed by atoms with Crippen LogP contribution in [-0.4, -0.2) is 39.5 Å². The van der Waals surface area contributed by atoms with Gasteiger partial charge in [0.2, 0.25) is 5.04 Å². The van der Waals surface area contributed by atoms with Crippen LogP contribution in [0, 0.1) is 0 Å². The van der Waals surface area contributed by atoms with E-state index < -0.39 is 5.97 Å². The Bertz CT molecular complexity index is 1050. The number of carbonyl (C=O) groups is 1.